The van der Waals surface area contributed by atoms with Gasteiger partial charge in [0.05, 0.1) is 28.7 Å². The van der Waals surface area contributed by atoms with Gasteiger partial charge >= 0.3 is 5.97 Å². The lowest BCUT2D eigenvalue weighted by atomic mass is 10.0. The summed E-state index contributed by atoms with van der Waals surface area (Å²) in [5.41, 5.74) is 1.42. The Kier molecular flexibility index (Phi) is 3.24. The fraction of sp³-hybridized carbons (Fsp3) is 0.500. The van der Waals surface area contributed by atoms with Gasteiger partial charge in [0.15, 0.2) is 0 Å². The highest BCUT2D eigenvalue weighted by Crippen LogP contribution is 2.43. The molecule has 1 aliphatic carbocycles. The second kappa shape index (κ2) is 4.84. The number of hydrogen-bond donors (Lipinski definition) is 1. The van der Waals surface area contributed by atoms with E-state index in [9.17, 15) is 9.90 Å². The summed E-state index contributed by atoms with van der Waals surface area (Å²) in [5, 5.41) is 9.49. The molecule has 5 heteroatoms. The largest absolute Gasteiger partial charge is 0.478 e. The van der Waals surface area contributed by atoms with E-state index in [0.29, 0.717) is 23.6 Å². The van der Waals surface area contributed by atoms with E-state index >= 15 is 0 Å². The fourth-order valence-corrected chi connectivity index (χ4v) is 2.96. The third-order valence-corrected chi connectivity index (χ3v) is 3.98. The normalized spacial score (nSPS) is 15.6. The SMILES string of the molecule is COCC(C)(C)n1c(C2CC2)nc2cccc(C(=O)O)c21. The molecule has 1 saturated carbocycles. The first-order valence-electron chi connectivity index (χ1n) is 7.20. The van der Waals surface area contributed by atoms with Crippen LogP contribution >= 0.6 is 0 Å². The van der Waals surface area contributed by atoms with Gasteiger partial charge < -0.3 is 14.4 Å². The topological polar surface area (TPSA) is 64.4 Å². The van der Waals surface area contributed by atoms with Gasteiger partial charge in [0.1, 0.15) is 5.82 Å². The van der Waals surface area contributed by atoms with E-state index < -0.39 is 5.97 Å². The highest BCUT2D eigenvalue weighted by molar-refractivity contribution is 6.01. The Morgan fingerprint density at radius 3 is 2.76 bits per heavy atom. The van der Waals surface area contributed by atoms with Crippen LogP contribution in [0.25, 0.3) is 11.0 Å². The van der Waals surface area contributed by atoms with Gasteiger partial charge in [-0.3, -0.25) is 0 Å². The Hall–Kier alpha value is -1.88. The molecule has 21 heavy (non-hydrogen) atoms. The van der Waals surface area contributed by atoms with Crippen LogP contribution in [-0.4, -0.2) is 34.3 Å². The molecular formula is C16H20N2O3. The Balaban J connectivity index is 2.32. The van der Waals surface area contributed by atoms with Crippen LogP contribution in [0, 0.1) is 0 Å². The van der Waals surface area contributed by atoms with E-state index in [4.69, 9.17) is 9.72 Å². The number of carboxylic acid groups (broad SMARTS) is 1. The average molecular weight is 288 g/mol. The number of aromatic nitrogens is 2. The molecule has 1 aromatic heterocycles. The highest BCUT2D eigenvalue weighted by Gasteiger charge is 2.35. The molecule has 0 spiro atoms. The predicted molar refractivity (Wildman–Crippen MR) is 79.9 cm³/mol. The molecule has 0 saturated heterocycles. The molecule has 0 amide bonds. The van der Waals surface area contributed by atoms with Gasteiger partial charge in [0, 0.05) is 13.0 Å². The van der Waals surface area contributed by atoms with Crippen LogP contribution in [0.2, 0.25) is 0 Å². The molecule has 2 aromatic rings. The maximum atomic E-state index is 11.6. The number of methoxy groups -OCH3 is 1. The van der Waals surface area contributed by atoms with E-state index in [2.05, 4.69) is 18.4 Å². The number of hydrogen-bond acceptors (Lipinski definition) is 3. The molecule has 0 bridgehead atoms. The smallest absolute Gasteiger partial charge is 0.337 e. The van der Waals surface area contributed by atoms with Crippen LogP contribution in [0.1, 0.15) is 48.8 Å². The zero-order valence-corrected chi connectivity index (χ0v) is 12.6. The van der Waals surface area contributed by atoms with Crippen molar-refractivity contribution in [1.29, 1.82) is 0 Å². The molecule has 112 valence electrons. The number of ether oxygens (including phenoxy) is 1. The third-order valence-electron chi connectivity index (χ3n) is 3.98. The van der Waals surface area contributed by atoms with Crippen molar-refractivity contribution in [1.82, 2.24) is 9.55 Å². The van der Waals surface area contributed by atoms with Crippen molar-refractivity contribution < 1.29 is 14.6 Å². The Morgan fingerprint density at radius 2 is 2.19 bits per heavy atom. The monoisotopic (exact) mass is 288 g/mol. The number of benzene rings is 1. The Labute approximate surface area is 123 Å². The van der Waals surface area contributed by atoms with Crippen LogP contribution in [0.15, 0.2) is 18.2 Å². The first-order valence-corrected chi connectivity index (χ1v) is 7.20. The van der Waals surface area contributed by atoms with Gasteiger partial charge in [0.25, 0.3) is 0 Å². The summed E-state index contributed by atoms with van der Waals surface area (Å²) in [6.07, 6.45) is 2.24. The first kappa shape index (κ1) is 14.1. The van der Waals surface area contributed by atoms with Crippen LogP contribution in [0.3, 0.4) is 0 Å². The van der Waals surface area contributed by atoms with Crippen LogP contribution in [0.5, 0.6) is 0 Å². The zero-order valence-electron chi connectivity index (χ0n) is 12.6. The van der Waals surface area contributed by atoms with E-state index in [1.807, 2.05) is 6.07 Å². The van der Waals surface area contributed by atoms with Gasteiger partial charge in [-0.2, -0.15) is 0 Å². The quantitative estimate of drug-likeness (QED) is 0.918. The summed E-state index contributed by atoms with van der Waals surface area (Å²) in [5.74, 6) is 0.508. The Bertz CT molecular complexity index is 699. The Morgan fingerprint density at radius 1 is 1.48 bits per heavy atom. The lowest BCUT2D eigenvalue weighted by molar-refractivity contribution is 0.0697. The maximum Gasteiger partial charge on any atom is 0.337 e. The van der Waals surface area contributed by atoms with Gasteiger partial charge in [-0.25, -0.2) is 9.78 Å². The predicted octanol–water partition coefficient (Wildman–Crippen LogP) is 2.99. The number of para-hydroxylation sites is 1. The number of carboxylic acids is 1. The zero-order chi connectivity index (χ0) is 15.2. The number of nitrogens with zero attached hydrogens (tertiary/aromatic N) is 2. The molecule has 1 fully saturated rings. The van der Waals surface area contributed by atoms with E-state index in [1.54, 1.807) is 19.2 Å². The van der Waals surface area contributed by atoms with Gasteiger partial charge in [-0.15, -0.1) is 0 Å². The number of fused-ring (bicyclic) bond motifs is 1. The molecule has 1 aliphatic rings. The van der Waals surface area contributed by atoms with Crippen molar-refractivity contribution in [2.75, 3.05) is 13.7 Å². The van der Waals surface area contributed by atoms with Gasteiger partial charge in [0.2, 0.25) is 0 Å². The molecule has 5 nitrogen and oxygen atoms in total. The standard InChI is InChI=1S/C16H20N2O3/c1-16(2,9-21-3)18-13-11(15(19)20)5-4-6-12(13)17-14(18)10-7-8-10/h4-6,10H,7-9H2,1-3H3,(H,19,20). The van der Waals surface area contributed by atoms with Crippen molar-refractivity contribution in [3.05, 3.63) is 29.6 Å². The summed E-state index contributed by atoms with van der Waals surface area (Å²) in [6, 6.07) is 5.28. The van der Waals surface area contributed by atoms with E-state index in [0.717, 1.165) is 24.2 Å². The molecular weight excluding hydrogens is 268 g/mol. The number of rotatable bonds is 5. The molecule has 1 N–H and O–H groups in total. The van der Waals surface area contributed by atoms with E-state index in [1.165, 1.54) is 0 Å². The van der Waals surface area contributed by atoms with Crippen molar-refractivity contribution in [3.63, 3.8) is 0 Å². The van der Waals surface area contributed by atoms with Gasteiger partial charge in [-0.05, 0) is 38.8 Å². The minimum Gasteiger partial charge on any atom is -0.478 e. The van der Waals surface area contributed by atoms with Crippen LogP contribution in [0.4, 0.5) is 0 Å². The molecule has 1 heterocycles. The minimum atomic E-state index is -0.919. The summed E-state index contributed by atoms with van der Waals surface area (Å²) in [4.78, 5) is 16.3. The summed E-state index contributed by atoms with van der Waals surface area (Å²) in [7, 11) is 1.66. The van der Waals surface area contributed by atoms with Gasteiger partial charge in [-0.1, -0.05) is 6.07 Å². The second-order valence-corrected chi connectivity index (χ2v) is 6.30. The minimum absolute atomic E-state index is 0.302. The fourth-order valence-electron chi connectivity index (χ4n) is 2.96. The van der Waals surface area contributed by atoms with Crippen molar-refractivity contribution >= 4 is 17.0 Å². The lowest BCUT2D eigenvalue weighted by Crippen LogP contribution is -2.33. The van der Waals surface area contributed by atoms with Crippen molar-refractivity contribution in [2.45, 2.75) is 38.1 Å². The highest BCUT2D eigenvalue weighted by atomic mass is 16.5. The molecule has 0 radical (unpaired) electrons. The average Bonchev–Trinajstić information content (AvgIpc) is 3.17. The van der Waals surface area contributed by atoms with Crippen molar-refractivity contribution in [2.24, 2.45) is 0 Å². The molecule has 0 atom stereocenters. The molecule has 1 aromatic carbocycles. The summed E-state index contributed by atoms with van der Waals surface area (Å²) < 4.78 is 7.42. The number of imidazole rings is 1. The third kappa shape index (κ3) is 2.31. The molecule has 3 rings (SSSR count). The van der Waals surface area contributed by atoms with Crippen LogP contribution in [-0.2, 0) is 10.3 Å². The maximum absolute atomic E-state index is 11.6. The number of aromatic carboxylic acids is 1. The first-order chi connectivity index (χ1) is 9.95. The lowest BCUT2D eigenvalue weighted by Gasteiger charge is -2.29. The number of carbonyl (C=O) groups is 1. The molecule has 0 aliphatic heterocycles. The van der Waals surface area contributed by atoms with Crippen molar-refractivity contribution in [3.8, 4) is 0 Å². The van der Waals surface area contributed by atoms with E-state index in [-0.39, 0.29) is 5.54 Å². The summed E-state index contributed by atoms with van der Waals surface area (Å²) >= 11 is 0. The van der Waals surface area contributed by atoms with Crippen LogP contribution < -0.4 is 0 Å². The second-order valence-electron chi connectivity index (χ2n) is 6.30. The molecule has 0 unspecified atom stereocenters. The summed E-state index contributed by atoms with van der Waals surface area (Å²) in [6.45, 7) is 4.62.